The maximum absolute atomic E-state index is 2.45. The molecule has 0 bridgehead atoms. The molecule has 0 nitrogen and oxygen atoms in total. The van der Waals surface area contributed by atoms with E-state index in [-0.39, 0.29) is 12.4 Å². The summed E-state index contributed by atoms with van der Waals surface area (Å²) < 4.78 is 0. The molecule has 0 fully saturated rings. The number of benzene rings is 1. The lowest BCUT2D eigenvalue weighted by atomic mass is 10.0. The normalized spacial score (nSPS) is 11.3. The number of hydrogen-bond acceptors (Lipinski definition) is 0. The van der Waals surface area contributed by atoms with Crippen molar-refractivity contribution in [1.29, 1.82) is 0 Å². The highest BCUT2D eigenvalue weighted by atomic mass is 35.5. The highest BCUT2D eigenvalue weighted by Crippen LogP contribution is 2.50. The summed E-state index contributed by atoms with van der Waals surface area (Å²) in [7, 11) is -0.730. The molecule has 0 heterocycles. The molecular weight excluding hydrogens is 331 g/mol. The fraction of sp³-hybridized carbons (Fsp3) is 0.727. The molecule has 0 aliphatic heterocycles. The Morgan fingerprint density at radius 1 is 0.667 bits per heavy atom. The highest BCUT2D eigenvalue weighted by Gasteiger charge is 2.19. The third-order valence-corrected chi connectivity index (χ3v) is 5.85. The van der Waals surface area contributed by atoms with E-state index in [1.54, 1.807) is 11.1 Å². The quantitative estimate of drug-likeness (QED) is 0.352. The van der Waals surface area contributed by atoms with Crippen LogP contribution in [0, 0.1) is 0 Å². The minimum absolute atomic E-state index is 0. The molecule has 24 heavy (non-hydrogen) atoms. The van der Waals surface area contributed by atoms with Crippen molar-refractivity contribution in [2.24, 2.45) is 0 Å². The Hall–Kier alpha value is -0.0600. The number of halogens is 1. The number of unbranched alkanes of at least 4 members (excludes halogenated alkanes) is 9. The molecule has 140 valence electrons. The Labute approximate surface area is 159 Å². The molecule has 0 aliphatic carbocycles. The van der Waals surface area contributed by atoms with Crippen LogP contribution in [-0.4, -0.2) is 20.0 Å². The Kier molecular flexibility index (Phi) is 14.1. The molecule has 0 atom stereocenters. The average molecular weight is 371 g/mol. The predicted octanol–water partition coefficient (Wildman–Crippen LogP) is 4.56. The Morgan fingerprint density at radius 2 is 1.12 bits per heavy atom. The third-order valence-electron chi connectivity index (χ3n) is 4.56. The summed E-state index contributed by atoms with van der Waals surface area (Å²) in [5.74, 6) is 0. The highest BCUT2D eigenvalue weighted by molar-refractivity contribution is 7.72. The van der Waals surface area contributed by atoms with Crippen LogP contribution in [0.5, 0.6) is 0 Å². The molecule has 0 saturated heterocycles. The Balaban J connectivity index is 0.00000529. The fourth-order valence-corrected chi connectivity index (χ4v) is 4.60. The molecule has 1 aromatic carbocycles. The molecule has 0 saturated carbocycles. The van der Waals surface area contributed by atoms with E-state index in [2.05, 4.69) is 51.2 Å². The van der Waals surface area contributed by atoms with Crippen LogP contribution in [0.15, 0.2) is 24.3 Å². The van der Waals surface area contributed by atoms with Crippen molar-refractivity contribution < 1.29 is 12.4 Å². The van der Waals surface area contributed by atoms with Crippen molar-refractivity contribution in [2.75, 3.05) is 20.0 Å². The van der Waals surface area contributed by atoms with Crippen molar-refractivity contribution in [1.82, 2.24) is 0 Å². The van der Waals surface area contributed by atoms with Gasteiger partial charge in [-0.3, -0.25) is 0 Å². The molecule has 0 spiro atoms. The largest absolute Gasteiger partial charge is 1.00 e. The van der Waals surface area contributed by atoms with E-state index in [1.165, 1.54) is 76.8 Å². The van der Waals surface area contributed by atoms with Gasteiger partial charge in [0.25, 0.3) is 0 Å². The second kappa shape index (κ2) is 14.1. The van der Waals surface area contributed by atoms with Gasteiger partial charge in [0.2, 0.25) is 0 Å². The van der Waals surface area contributed by atoms with Gasteiger partial charge in [0.1, 0.15) is 0 Å². The minimum Gasteiger partial charge on any atom is -1.00 e. The van der Waals surface area contributed by atoms with E-state index in [0.29, 0.717) is 0 Å². The smallest absolute Gasteiger partial charge is 0.0837 e. The molecule has 0 aliphatic rings. The number of hydrogen-bond donors (Lipinski definition) is 0. The number of rotatable bonds is 13. The first-order valence-corrected chi connectivity index (χ1v) is 13.2. The summed E-state index contributed by atoms with van der Waals surface area (Å²) in [6, 6.07) is 9.15. The Bertz CT molecular complexity index is 409. The van der Waals surface area contributed by atoms with Gasteiger partial charge < -0.3 is 12.4 Å². The van der Waals surface area contributed by atoms with E-state index in [0.717, 1.165) is 0 Å². The van der Waals surface area contributed by atoms with E-state index in [4.69, 9.17) is 0 Å². The van der Waals surface area contributed by atoms with Crippen LogP contribution in [0.3, 0.4) is 0 Å². The van der Waals surface area contributed by atoms with Gasteiger partial charge in [0.05, 0.1) is 6.16 Å². The first kappa shape index (κ1) is 23.9. The molecule has 0 unspecified atom stereocenters. The summed E-state index contributed by atoms with van der Waals surface area (Å²) in [5.41, 5.74) is 3.23. The van der Waals surface area contributed by atoms with Gasteiger partial charge in [-0.1, -0.05) is 89.0 Å². The summed E-state index contributed by atoms with van der Waals surface area (Å²) in [4.78, 5) is 0. The van der Waals surface area contributed by atoms with Crippen molar-refractivity contribution in [3.05, 3.63) is 35.4 Å². The summed E-state index contributed by atoms with van der Waals surface area (Å²) >= 11 is 0. The monoisotopic (exact) mass is 370 g/mol. The summed E-state index contributed by atoms with van der Waals surface area (Å²) in [6.45, 7) is 9.64. The van der Waals surface area contributed by atoms with Crippen molar-refractivity contribution in [2.45, 2.75) is 83.7 Å². The lowest BCUT2D eigenvalue weighted by Crippen LogP contribution is -3.00. The van der Waals surface area contributed by atoms with E-state index >= 15 is 0 Å². The van der Waals surface area contributed by atoms with Gasteiger partial charge in [0, 0.05) is 27.3 Å². The molecule has 0 N–H and O–H groups in total. The molecule has 1 aromatic rings. The first-order valence-electron chi connectivity index (χ1n) is 9.90. The van der Waals surface area contributed by atoms with Gasteiger partial charge in [-0.05, 0) is 24.0 Å². The van der Waals surface area contributed by atoms with Crippen molar-refractivity contribution >= 4 is 7.26 Å². The maximum atomic E-state index is 2.45. The van der Waals surface area contributed by atoms with Gasteiger partial charge in [-0.25, -0.2) is 0 Å². The zero-order valence-electron chi connectivity index (χ0n) is 16.6. The average Bonchev–Trinajstić information content (AvgIpc) is 2.49. The van der Waals surface area contributed by atoms with Crippen LogP contribution in [-0.2, 0) is 12.6 Å². The molecule has 0 amide bonds. The van der Waals surface area contributed by atoms with Crippen LogP contribution < -0.4 is 12.4 Å². The number of aryl methyl sites for hydroxylation is 1. The SMILES string of the molecule is CCCCCCCCCCCCc1ccccc1C[P+](C)(C)C.[Cl-]. The van der Waals surface area contributed by atoms with Gasteiger partial charge >= 0.3 is 0 Å². The van der Waals surface area contributed by atoms with Gasteiger partial charge in [0.15, 0.2) is 0 Å². The van der Waals surface area contributed by atoms with Crippen LogP contribution in [0.4, 0.5) is 0 Å². The summed E-state index contributed by atoms with van der Waals surface area (Å²) in [6.07, 6.45) is 16.9. The molecule has 0 aromatic heterocycles. The topological polar surface area (TPSA) is 0 Å². The molecule has 0 radical (unpaired) electrons. The van der Waals surface area contributed by atoms with E-state index in [9.17, 15) is 0 Å². The molecule has 2 heteroatoms. The first-order chi connectivity index (χ1) is 11.0. The van der Waals surface area contributed by atoms with Crippen LogP contribution in [0.2, 0.25) is 0 Å². The van der Waals surface area contributed by atoms with Crippen molar-refractivity contribution in [3.8, 4) is 0 Å². The lowest BCUT2D eigenvalue weighted by molar-refractivity contribution is -0.00000530. The predicted molar refractivity (Wildman–Crippen MR) is 110 cm³/mol. The minimum atomic E-state index is -0.730. The fourth-order valence-electron chi connectivity index (χ4n) is 3.27. The second-order valence-electron chi connectivity index (χ2n) is 8.15. The molecular formula is C22H40ClP. The van der Waals surface area contributed by atoms with E-state index < -0.39 is 7.26 Å². The van der Waals surface area contributed by atoms with Crippen LogP contribution in [0.25, 0.3) is 0 Å². The lowest BCUT2D eigenvalue weighted by Gasteiger charge is -2.15. The zero-order chi connectivity index (χ0) is 17.0. The van der Waals surface area contributed by atoms with Crippen LogP contribution in [0.1, 0.15) is 82.3 Å². The standard InChI is InChI=1S/C22H40P.ClH/c1-5-6-7-8-9-10-11-12-13-14-17-21-18-15-16-19-22(21)20-23(2,3)4;/h15-16,18-19H,5-14,17,20H2,1-4H3;1H/q+1;/p-1. The van der Waals surface area contributed by atoms with Gasteiger partial charge in [-0.2, -0.15) is 0 Å². The van der Waals surface area contributed by atoms with Crippen LogP contribution >= 0.6 is 7.26 Å². The zero-order valence-corrected chi connectivity index (χ0v) is 18.3. The summed E-state index contributed by atoms with van der Waals surface area (Å²) in [5, 5.41) is 0. The molecule has 1 rings (SSSR count). The second-order valence-corrected chi connectivity index (χ2v) is 13.0. The maximum Gasteiger partial charge on any atom is 0.0837 e. The van der Waals surface area contributed by atoms with E-state index in [1.807, 2.05) is 0 Å². The van der Waals surface area contributed by atoms with Crippen molar-refractivity contribution in [3.63, 3.8) is 0 Å². The Morgan fingerprint density at radius 3 is 1.62 bits per heavy atom. The third kappa shape index (κ3) is 12.3. The van der Waals surface area contributed by atoms with Gasteiger partial charge in [-0.15, -0.1) is 0 Å².